The minimum atomic E-state index is 0.257. The monoisotopic (exact) mass is 455 g/mol. The van der Waals surface area contributed by atoms with Crippen LogP contribution in [0, 0.1) is 0 Å². The first-order valence-electron chi connectivity index (χ1n) is 9.71. The molecule has 2 N–H and O–H groups in total. The molecule has 0 saturated carbocycles. The molecule has 4 aliphatic heterocycles. The topological polar surface area (TPSA) is 65.4 Å². The van der Waals surface area contributed by atoms with Crippen LogP contribution in [-0.4, -0.2) is 41.3 Å². The summed E-state index contributed by atoms with van der Waals surface area (Å²) in [6.07, 6.45) is 18.3. The molecule has 4 aliphatic rings. The number of allylic oxidation sites excluding steroid dienone is 5. The molecule has 0 radical (unpaired) electrons. The summed E-state index contributed by atoms with van der Waals surface area (Å²) in [4.78, 5) is 20.0. The van der Waals surface area contributed by atoms with Gasteiger partial charge in [0.2, 0.25) is 0 Å². The third-order valence-electron chi connectivity index (χ3n) is 5.11. The van der Waals surface area contributed by atoms with Gasteiger partial charge in [-0.25, -0.2) is 0 Å². The number of hydrogen-bond donors (Lipinski definition) is 2. The second kappa shape index (κ2) is 7.10. The zero-order valence-electron chi connectivity index (χ0n) is 15.9. The maximum absolute atomic E-state index is 4.91. The summed E-state index contributed by atoms with van der Waals surface area (Å²) in [5, 5.41) is 5.72. The summed E-state index contributed by atoms with van der Waals surface area (Å²) in [6, 6.07) is 8.18. The molecule has 2 aromatic heterocycles. The van der Waals surface area contributed by atoms with E-state index in [-0.39, 0.29) is 19.9 Å². The molecule has 1 unspecified atom stereocenters. The van der Waals surface area contributed by atoms with Gasteiger partial charge in [-0.15, -0.1) is 0 Å². The first-order chi connectivity index (χ1) is 14.8. The standard InChI is InChI=1S/C24H17N5Se/c1-2-15(13-25-9-1)24-21-8-7-19(28-21)11-18-4-3-16(26-18)10-17-5-6-20(27-17)12-23-29-22(24)14-30-23/h1-14,23,26,29H. The Hall–Kier alpha value is -3.47. The Morgan fingerprint density at radius 1 is 0.900 bits per heavy atom. The van der Waals surface area contributed by atoms with Crippen molar-refractivity contribution in [3.8, 4) is 0 Å². The number of aliphatic imine (C=N–C) groups is 2. The van der Waals surface area contributed by atoms with Crippen LogP contribution in [0.4, 0.5) is 0 Å². The number of aromatic amines is 1. The summed E-state index contributed by atoms with van der Waals surface area (Å²) in [7, 11) is 0. The van der Waals surface area contributed by atoms with E-state index in [0.717, 1.165) is 50.3 Å². The van der Waals surface area contributed by atoms with Crippen LogP contribution >= 0.6 is 0 Å². The summed E-state index contributed by atoms with van der Waals surface area (Å²) in [6.45, 7) is 0. The molecule has 1 atom stereocenters. The number of H-pyrrole nitrogens is 1. The van der Waals surface area contributed by atoms with E-state index in [1.165, 1.54) is 0 Å². The Morgan fingerprint density at radius 2 is 1.73 bits per heavy atom. The van der Waals surface area contributed by atoms with Crippen LogP contribution in [0.1, 0.15) is 5.56 Å². The SMILES string of the molecule is C1=CC2=NC1=CC1NC(=C[Se]1)C(c1cccnc1)=C1C=CC(=N1)C=c1ccc([nH]1)=C2. The third kappa shape index (κ3) is 3.26. The van der Waals surface area contributed by atoms with Gasteiger partial charge < -0.3 is 0 Å². The molecule has 6 heteroatoms. The molecule has 0 fully saturated rings. The number of pyridine rings is 1. The fraction of sp³-hybridized carbons (Fsp3) is 0.0417. The predicted molar refractivity (Wildman–Crippen MR) is 122 cm³/mol. The quantitative estimate of drug-likeness (QED) is 0.646. The van der Waals surface area contributed by atoms with E-state index in [4.69, 9.17) is 9.98 Å². The first kappa shape index (κ1) is 17.4. The molecule has 30 heavy (non-hydrogen) atoms. The van der Waals surface area contributed by atoms with Crippen molar-refractivity contribution in [2.75, 3.05) is 0 Å². The molecule has 0 aliphatic carbocycles. The Kier molecular flexibility index (Phi) is 4.11. The van der Waals surface area contributed by atoms with Gasteiger partial charge in [-0.3, -0.25) is 0 Å². The Morgan fingerprint density at radius 3 is 2.57 bits per heavy atom. The van der Waals surface area contributed by atoms with Crippen molar-refractivity contribution in [1.29, 1.82) is 0 Å². The van der Waals surface area contributed by atoms with Gasteiger partial charge in [0, 0.05) is 0 Å². The summed E-state index contributed by atoms with van der Waals surface area (Å²) >= 11 is 0.287. The van der Waals surface area contributed by atoms with Gasteiger partial charge in [0.15, 0.2) is 0 Å². The zero-order valence-corrected chi connectivity index (χ0v) is 17.6. The van der Waals surface area contributed by atoms with Crippen LogP contribution in [0.2, 0.25) is 0 Å². The summed E-state index contributed by atoms with van der Waals surface area (Å²) in [5.41, 5.74) is 7.08. The predicted octanol–water partition coefficient (Wildman–Crippen LogP) is 1.78. The second-order valence-electron chi connectivity index (χ2n) is 7.22. The van der Waals surface area contributed by atoms with Crippen LogP contribution in [0.25, 0.3) is 17.7 Å². The number of hydrogen-bond acceptors (Lipinski definition) is 4. The molecule has 0 amide bonds. The van der Waals surface area contributed by atoms with Crippen molar-refractivity contribution >= 4 is 44.1 Å². The molecule has 2 aromatic rings. The van der Waals surface area contributed by atoms with Crippen LogP contribution in [0.15, 0.2) is 99.1 Å². The Bertz CT molecular complexity index is 1380. The minimum absolute atomic E-state index is 0.257. The average Bonchev–Trinajstić information content (AvgIpc) is 3.54. The van der Waals surface area contributed by atoms with Gasteiger partial charge in [0.05, 0.1) is 0 Å². The van der Waals surface area contributed by atoms with Crippen LogP contribution in [-0.2, 0) is 0 Å². The van der Waals surface area contributed by atoms with Gasteiger partial charge >= 0.3 is 180 Å². The number of aromatic nitrogens is 2. The van der Waals surface area contributed by atoms with Gasteiger partial charge in [-0.2, -0.15) is 0 Å². The molecule has 0 saturated heterocycles. The Labute approximate surface area is 179 Å². The fourth-order valence-electron chi connectivity index (χ4n) is 3.76. The van der Waals surface area contributed by atoms with Gasteiger partial charge in [-0.05, 0) is 0 Å². The molecule has 0 aromatic carbocycles. The molecule has 5 nitrogen and oxygen atoms in total. The number of rotatable bonds is 1. The molecule has 0 spiro atoms. The number of nitrogens with zero attached hydrogens (tertiary/aromatic N) is 3. The van der Waals surface area contributed by atoms with Gasteiger partial charge in [0.1, 0.15) is 0 Å². The van der Waals surface area contributed by atoms with Gasteiger partial charge in [-0.1, -0.05) is 0 Å². The van der Waals surface area contributed by atoms with E-state index in [1.807, 2.05) is 12.3 Å². The fourth-order valence-corrected chi connectivity index (χ4v) is 5.61. The Balaban J connectivity index is 1.55. The van der Waals surface area contributed by atoms with Crippen LogP contribution in [0.3, 0.4) is 0 Å². The molecule has 8 bridgehead atoms. The van der Waals surface area contributed by atoms with Crippen molar-refractivity contribution in [2.24, 2.45) is 9.98 Å². The van der Waals surface area contributed by atoms with E-state index < -0.39 is 0 Å². The van der Waals surface area contributed by atoms with Crippen molar-refractivity contribution < 1.29 is 0 Å². The molecule has 144 valence electrons. The van der Waals surface area contributed by atoms with Crippen LogP contribution < -0.4 is 16.0 Å². The van der Waals surface area contributed by atoms with Gasteiger partial charge in [0.25, 0.3) is 0 Å². The molecule has 6 rings (SSSR count). The molecule has 6 heterocycles. The van der Waals surface area contributed by atoms with E-state index in [0.29, 0.717) is 0 Å². The number of nitrogens with one attached hydrogen (secondary N) is 2. The van der Waals surface area contributed by atoms with E-state index in [2.05, 4.69) is 81.0 Å². The van der Waals surface area contributed by atoms with E-state index in [9.17, 15) is 0 Å². The number of fused-ring (bicyclic) bond motifs is 6. The normalized spacial score (nSPS) is 21.4. The maximum atomic E-state index is 4.91. The van der Waals surface area contributed by atoms with E-state index >= 15 is 0 Å². The molecular formula is C24H17N5Se. The van der Waals surface area contributed by atoms with Crippen molar-refractivity contribution in [1.82, 2.24) is 15.3 Å². The molecular weight excluding hydrogens is 437 g/mol. The summed E-state index contributed by atoms with van der Waals surface area (Å²) < 4.78 is 0. The third-order valence-corrected chi connectivity index (χ3v) is 7.04. The first-order valence-corrected chi connectivity index (χ1v) is 11.7. The van der Waals surface area contributed by atoms with E-state index in [1.54, 1.807) is 6.20 Å². The summed E-state index contributed by atoms with van der Waals surface area (Å²) in [5.74, 6) is 0. The zero-order chi connectivity index (χ0) is 19.9. The second-order valence-corrected chi connectivity index (χ2v) is 9.35. The van der Waals surface area contributed by atoms with Crippen molar-refractivity contribution in [2.45, 2.75) is 4.94 Å². The van der Waals surface area contributed by atoms with Crippen molar-refractivity contribution in [3.63, 3.8) is 0 Å². The average molecular weight is 454 g/mol. The van der Waals surface area contributed by atoms with Crippen LogP contribution in [0.5, 0.6) is 0 Å². The van der Waals surface area contributed by atoms with Crippen molar-refractivity contribution in [3.05, 3.63) is 105 Å².